The van der Waals surface area contributed by atoms with Gasteiger partial charge in [0.05, 0.1) is 5.69 Å². The molecule has 0 unspecified atom stereocenters. The maximum absolute atomic E-state index is 13.9. The highest BCUT2D eigenvalue weighted by Gasteiger charge is 2.17. The second-order valence-corrected chi connectivity index (χ2v) is 7.22. The molecule has 0 bridgehead atoms. The second kappa shape index (κ2) is 7.66. The van der Waals surface area contributed by atoms with Gasteiger partial charge in [0.2, 0.25) is 0 Å². The van der Waals surface area contributed by atoms with Gasteiger partial charge in [-0.25, -0.2) is 9.18 Å². The van der Waals surface area contributed by atoms with E-state index in [-0.39, 0.29) is 5.69 Å². The number of anilines is 2. The molecule has 0 fully saturated rings. The van der Waals surface area contributed by atoms with Crippen LogP contribution in [0.1, 0.15) is 26.3 Å². The molecule has 0 aliphatic rings. The maximum atomic E-state index is 13.9. The molecule has 0 aromatic heterocycles. The molecule has 4 nitrogen and oxygen atoms in total. The first-order chi connectivity index (χ1) is 11.2. The summed E-state index contributed by atoms with van der Waals surface area (Å²) in [5.74, 6) is -0.520. The van der Waals surface area contributed by atoms with E-state index in [1.165, 1.54) is 12.1 Å². The van der Waals surface area contributed by atoms with Gasteiger partial charge >= 0.3 is 6.09 Å². The van der Waals surface area contributed by atoms with Crippen molar-refractivity contribution in [3.05, 3.63) is 58.3 Å². The van der Waals surface area contributed by atoms with Crippen LogP contribution in [0.15, 0.2) is 46.9 Å². The van der Waals surface area contributed by atoms with Crippen molar-refractivity contribution in [1.82, 2.24) is 0 Å². The van der Waals surface area contributed by atoms with Crippen molar-refractivity contribution in [2.45, 2.75) is 32.9 Å². The van der Waals surface area contributed by atoms with Crippen LogP contribution >= 0.6 is 15.9 Å². The third kappa shape index (κ3) is 5.85. The van der Waals surface area contributed by atoms with E-state index in [9.17, 15) is 9.18 Å². The first-order valence-corrected chi connectivity index (χ1v) is 8.30. The number of nitrogens with one attached hydrogen (secondary N) is 2. The Morgan fingerprint density at radius 1 is 1.21 bits per heavy atom. The van der Waals surface area contributed by atoms with Gasteiger partial charge in [0.25, 0.3) is 0 Å². The molecular weight excluding hydrogens is 375 g/mol. The average Bonchev–Trinajstić information content (AvgIpc) is 2.46. The highest BCUT2D eigenvalue weighted by atomic mass is 79.9. The lowest BCUT2D eigenvalue weighted by Crippen LogP contribution is -2.27. The smallest absolute Gasteiger partial charge is 0.412 e. The number of amides is 1. The fraction of sp³-hybridized carbons (Fsp3) is 0.278. The van der Waals surface area contributed by atoms with E-state index in [2.05, 4.69) is 26.6 Å². The fourth-order valence-electron chi connectivity index (χ4n) is 2.00. The van der Waals surface area contributed by atoms with Crippen LogP contribution in [-0.4, -0.2) is 11.7 Å². The van der Waals surface area contributed by atoms with Gasteiger partial charge in [0.15, 0.2) is 0 Å². The Morgan fingerprint density at radius 3 is 2.62 bits per heavy atom. The van der Waals surface area contributed by atoms with Crippen molar-refractivity contribution in [2.24, 2.45) is 0 Å². The Morgan fingerprint density at radius 2 is 1.96 bits per heavy atom. The summed E-state index contributed by atoms with van der Waals surface area (Å²) in [5, 5.41) is 5.63. The van der Waals surface area contributed by atoms with Gasteiger partial charge in [0.1, 0.15) is 11.4 Å². The molecule has 0 heterocycles. The molecule has 24 heavy (non-hydrogen) atoms. The largest absolute Gasteiger partial charge is 0.444 e. The molecule has 0 spiro atoms. The third-order valence-corrected chi connectivity index (χ3v) is 3.48. The first kappa shape index (κ1) is 18.3. The Hall–Kier alpha value is -2.08. The van der Waals surface area contributed by atoms with Gasteiger partial charge in [-0.1, -0.05) is 28.1 Å². The predicted molar refractivity (Wildman–Crippen MR) is 97.7 cm³/mol. The van der Waals surface area contributed by atoms with E-state index < -0.39 is 17.5 Å². The molecule has 2 rings (SSSR count). The molecule has 0 atom stereocenters. The quantitative estimate of drug-likeness (QED) is 0.714. The van der Waals surface area contributed by atoms with Crippen molar-refractivity contribution < 1.29 is 13.9 Å². The van der Waals surface area contributed by atoms with Crippen molar-refractivity contribution in [1.29, 1.82) is 0 Å². The van der Waals surface area contributed by atoms with E-state index in [1.54, 1.807) is 26.8 Å². The summed E-state index contributed by atoms with van der Waals surface area (Å²) < 4.78 is 20.0. The molecule has 6 heteroatoms. The van der Waals surface area contributed by atoms with Crippen LogP contribution in [0, 0.1) is 5.82 Å². The zero-order chi connectivity index (χ0) is 17.7. The van der Waals surface area contributed by atoms with Crippen molar-refractivity contribution in [3.63, 3.8) is 0 Å². The fourth-order valence-corrected chi connectivity index (χ4v) is 2.44. The number of carbonyl (C=O) groups is 1. The van der Waals surface area contributed by atoms with E-state index >= 15 is 0 Å². The monoisotopic (exact) mass is 394 g/mol. The molecule has 0 aliphatic carbocycles. The molecule has 2 N–H and O–H groups in total. The highest BCUT2D eigenvalue weighted by Crippen LogP contribution is 2.21. The number of rotatable bonds is 4. The van der Waals surface area contributed by atoms with E-state index in [1.807, 2.05) is 24.3 Å². The molecule has 1 amide bonds. The first-order valence-electron chi connectivity index (χ1n) is 7.51. The SMILES string of the molecule is CC(C)(C)OC(=O)Nc1cc(NCc2cccc(Br)c2)ccc1F. The average molecular weight is 395 g/mol. The number of halogens is 2. The van der Waals surface area contributed by atoms with Crippen LogP contribution in [0.25, 0.3) is 0 Å². The minimum absolute atomic E-state index is 0.0727. The minimum Gasteiger partial charge on any atom is -0.444 e. The number of hydrogen-bond donors (Lipinski definition) is 2. The molecular formula is C18H20BrFN2O2. The summed E-state index contributed by atoms with van der Waals surface area (Å²) in [5.41, 5.74) is 1.21. The zero-order valence-electron chi connectivity index (χ0n) is 13.8. The number of carbonyl (C=O) groups excluding carboxylic acids is 1. The summed E-state index contributed by atoms with van der Waals surface area (Å²) in [7, 11) is 0. The molecule has 0 aliphatic heterocycles. The van der Waals surface area contributed by atoms with Gasteiger partial charge in [-0.3, -0.25) is 5.32 Å². The Labute approximate surface area is 149 Å². The molecule has 0 radical (unpaired) electrons. The summed E-state index contributed by atoms with van der Waals surface area (Å²) >= 11 is 3.42. The number of ether oxygens (including phenoxy) is 1. The van der Waals surface area contributed by atoms with Crippen LogP contribution in [0.3, 0.4) is 0 Å². The second-order valence-electron chi connectivity index (χ2n) is 6.30. The Bertz CT molecular complexity index is 729. The summed E-state index contributed by atoms with van der Waals surface area (Å²) in [6, 6.07) is 12.3. The van der Waals surface area contributed by atoms with Gasteiger partial charge in [0, 0.05) is 16.7 Å². The molecule has 0 saturated heterocycles. The highest BCUT2D eigenvalue weighted by molar-refractivity contribution is 9.10. The van der Waals surface area contributed by atoms with E-state index in [4.69, 9.17) is 4.74 Å². The maximum Gasteiger partial charge on any atom is 0.412 e. The van der Waals surface area contributed by atoms with Gasteiger partial charge in [-0.2, -0.15) is 0 Å². The Kier molecular flexibility index (Phi) is 5.83. The standard InChI is InChI=1S/C18H20BrFN2O2/c1-18(2,3)24-17(23)22-16-10-14(7-8-15(16)20)21-11-12-5-4-6-13(19)9-12/h4-10,21H,11H2,1-3H3,(H,22,23). The summed E-state index contributed by atoms with van der Waals surface area (Å²) in [6.45, 7) is 5.83. The minimum atomic E-state index is -0.689. The summed E-state index contributed by atoms with van der Waals surface area (Å²) in [6.07, 6.45) is -0.689. The lowest BCUT2D eigenvalue weighted by molar-refractivity contribution is 0.0635. The van der Waals surface area contributed by atoms with Crippen LogP contribution in [0.2, 0.25) is 0 Å². The lowest BCUT2D eigenvalue weighted by atomic mass is 10.2. The summed E-state index contributed by atoms with van der Waals surface area (Å²) in [4.78, 5) is 11.8. The van der Waals surface area contributed by atoms with Crippen molar-refractivity contribution in [3.8, 4) is 0 Å². The number of benzene rings is 2. The zero-order valence-corrected chi connectivity index (χ0v) is 15.4. The van der Waals surface area contributed by atoms with Crippen LogP contribution < -0.4 is 10.6 Å². The molecule has 2 aromatic carbocycles. The van der Waals surface area contributed by atoms with Gasteiger partial charge < -0.3 is 10.1 Å². The van der Waals surface area contributed by atoms with Crippen LogP contribution in [-0.2, 0) is 11.3 Å². The predicted octanol–water partition coefficient (Wildman–Crippen LogP) is 5.55. The number of hydrogen-bond acceptors (Lipinski definition) is 3. The third-order valence-electron chi connectivity index (χ3n) is 2.99. The normalized spacial score (nSPS) is 11.0. The molecule has 2 aromatic rings. The van der Waals surface area contributed by atoms with Crippen LogP contribution in [0.4, 0.5) is 20.6 Å². The van der Waals surface area contributed by atoms with Crippen LogP contribution in [0.5, 0.6) is 0 Å². The lowest BCUT2D eigenvalue weighted by Gasteiger charge is -2.20. The van der Waals surface area contributed by atoms with Gasteiger partial charge in [-0.15, -0.1) is 0 Å². The van der Waals surface area contributed by atoms with E-state index in [0.29, 0.717) is 12.2 Å². The van der Waals surface area contributed by atoms with Crippen molar-refractivity contribution >= 4 is 33.4 Å². The van der Waals surface area contributed by atoms with Gasteiger partial charge in [-0.05, 0) is 56.7 Å². The molecule has 128 valence electrons. The van der Waals surface area contributed by atoms with Crippen molar-refractivity contribution in [2.75, 3.05) is 10.6 Å². The molecule has 0 saturated carbocycles. The van der Waals surface area contributed by atoms with E-state index in [0.717, 1.165) is 10.0 Å². The Balaban J connectivity index is 2.04. The topological polar surface area (TPSA) is 50.4 Å².